The van der Waals surface area contributed by atoms with Crippen LogP contribution in [0.25, 0.3) is 0 Å². The van der Waals surface area contributed by atoms with Gasteiger partial charge in [0.2, 0.25) is 0 Å². The third-order valence-corrected chi connectivity index (χ3v) is 8.25. The number of dihydropyridines is 1. The van der Waals surface area contributed by atoms with E-state index in [9.17, 15) is 9.59 Å². The van der Waals surface area contributed by atoms with E-state index in [-0.39, 0.29) is 17.8 Å². The molecule has 1 aliphatic heterocycles. The number of nitrogens with one attached hydrogen (secondary N) is 1. The van der Waals surface area contributed by atoms with Gasteiger partial charge in [-0.25, -0.2) is 4.79 Å². The maximum absolute atomic E-state index is 14.0. The third-order valence-electron chi connectivity index (χ3n) is 8.25. The van der Waals surface area contributed by atoms with E-state index in [1.807, 2.05) is 43.3 Å². The fourth-order valence-corrected chi connectivity index (χ4v) is 6.25. The predicted octanol–water partition coefficient (Wildman–Crippen LogP) is 5.57. The Hall–Kier alpha value is -3.94. The summed E-state index contributed by atoms with van der Waals surface area (Å²) in [7, 11) is 6.38. The molecule has 0 saturated heterocycles. The first kappa shape index (κ1) is 27.6. The third kappa shape index (κ3) is 5.15. The highest BCUT2D eigenvalue weighted by Crippen LogP contribution is 2.49. The highest BCUT2D eigenvalue weighted by Gasteiger charge is 2.43. The van der Waals surface area contributed by atoms with Crippen LogP contribution in [0, 0.1) is 0 Å². The van der Waals surface area contributed by atoms with Gasteiger partial charge in [0.25, 0.3) is 0 Å². The quantitative estimate of drug-likeness (QED) is 0.429. The Morgan fingerprint density at radius 1 is 0.850 bits per heavy atom. The van der Waals surface area contributed by atoms with Crippen LogP contribution in [-0.2, 0) is 14.3 Å². The van der Waals surface area contributed by atoms with Crippen molar-refractivity contribution in [2.75, 3.05) is 28.4 Å². The summed E-state index contributed by atoms with van der Waals surface area (Å²) >= 11 is 0. The molecule has 2 atom stereocenters. The van der Waals surface area contributed by atoms with Gasteiger partial charge in [-0.2, -0.15) is 0 Å². The molecule has 8 nitrogen and oxygen atoms in total. The van der Waals surface area contributed by atoms with E-state index in [1.54, 1.807) is 28.4 Å². The SMILES string of the molecule is COc1ccc(OC)c([C@@H]2C(C(=O)OC3CCCC3)=C(C)NC3=C2C(=O)C[C@@H](c2ccc(OC)c(OC)c2)C3)c1. The second kappa shape index (κ2) is 11.7. The Bertz CT molecular complexity index is 1370. The Morgan fingerprint density at radius 2 is 1.55 bits per heavy atom. The fraction of sp³-hybridized carbons (Fsp3) is 0.438. The largest absolute Gasteiger partial charge is 0.497 e. The molecule has 1 fully saturated rings. The standard InChI is InChI=1S/C32H37NO7/c1-18-29(32(35)40-21-8-6-7-9-21)30(23-17-22(36-2)11-13-26(23)37-3)31-24(33-18)14-20(15-25(31)34)19-10-12-27(38-4)28(16-19)39-5/h10-13,16-17,20-21,30,33H,6-9,14-15H2,1-5H3/t20-,30+/m0/s1. The lowest BCUT2D eigenvalue weighted by atomic mass is 9.71. The minimum atomic E-state index is -0.644. The van der Waals surface area contributed by atoms with Crippen LogP contribution in [0.5, 0.6) is 23.0 Å². The number of rotatable bonds is 8. The summed E-state index contributed by atoms with van der Waals surface area (Å²) in [4.78, 5) is 27.8. The molecule has 0 spiro atoms. The lowest BCUT2D eigenvalue weighted by Crippen LogP contribution is -2.36. The van der Waals surface area contributed by atoms with Crippen molar-refractivity contribution in [3.8, 4) is 23.0 Å². The number of Topliss-reactive ketones (excluding diaryl/α,β-unsaturated/α-hetero) is 1. The number of esters is 1. The normalized spacial score (nSPS) is 21.1. The van der Waals surface area contributed by atoms with Gasteiger partial charge in [0.05, 0.1) is 39.9 Å². The zero-order valence-electron chi connectivity index (χ0n) is 23.8. The van der Waals surface area contributed by atoms with Gasteiger partial charge in [-0.05, 0) is 80.8 Å². The molecular formula is C32H37NO7. The van der Waals surface area contributed by atoms with Gasteiger partial charge >= 0.3 is 5.97 Å². The second-order valence-electron chi connectivity index (χ2n) is 10.6. The first-order valence-corrected chi connectivity index (χ1v) is 13.8. The Kier molecular flexibility index (Phi) is 8.05. The number of carbonyl (C=O) groups excluding carboxylic acids is 2. The number of hydrogen-bond donors (Lipinski definition) is 1. The molecule has 1 saturated carbocycles. The van der Waals surface area contributed by atoms with Crippen LogP contribution < -0.4 is 24.3 Å². The number of carbonyl (C=O) groups is 2. The molecule has 40 heavy (non-hydrogen) atoms. The topological polar surface area (TPSA) is 92.3 Å². The van der Waals surface area contributed by atoms with Crippen molar-refractivity contribution >= 4 is 11.8 Å². The van der Waals surface area contributed by atoms with Crippen LogP contribution in [0.15, 0.2) is 58.9 Å². The maximum Gasteiger partial charge on any atom is 0.337 e. The first-order valence-electron chi connectivity index (χ1n) is 13.8. The van der Waals surface area contributed by atoms with Crippen molar-refractivity contribution in [1.82, 2.24) is 5.32 Å². The molecule has 2 aromatic rings. The minimum absolute atomic E-state index is 0.0259. The molecule has 3 aliphatic rings. The summed E-state index contributed by atoms with van der Waals surface area (Å²) in [5.74, 6) is 1.32. The van der Waals surface area contributed by atoms with E-state index in [2.05, 4.69) is 5.32 Å². The number of methoxy groups -OCH3 is 4. The van der Waals surface area contributed by atoms with Crippen LogP contribution in [0.2, 0.25) is 0 Å². The van der Waals surface area contributed by atoms with Crippen LogP contribution in [0.3, 0.4) is 0 Å². The lowest BCUT2D eigenvalue weighted by Gasteiger charge is -2.37. The number of ketones is 1. The average Bonchev–Trinajstić information content (AvgIpc) is 3.48. The summed E-state index contributed by atoms with van der Waals surface area (Å²) in [5, 5.41) is 3.43. The van der Waals surface area contributed by atoms with Crippen molar-refractivity contribution in [3.05, 3.63) is 70.1 Å². The molecule has 0 unspecified atom stereocenters. The van der Waals surface area contributed by atoms with Crippen molar-refractivity contribution in [2.24, 2.45) is 0 Å². The smallest absolute Gasteiger partial charge is 0.337 e. The van der Waals surface area contributed by atoms with E-state index >= 15 is 0 Å². The van der Waals surface area contributed by atoms with Gasteiger partial charge < -0.3 is 29.0 Å². The number of ether oxygens (including phenoxy) is 5. The predicted molar refractivity (Wildman–Crippen MR) is 150 cm³/mol. The minimum Gasteiger partial charge on any atom is -0.497 e. The average molecular weight is 548 g/mol. The zero-order chi connectivity index (χ0) is 28.4. The molecule has 2 aliphatic carbocycles. The van der Waals surface area contributed by atoms with Gasteiger partial charge in [0.15, 0.2) is 17.3 Å². The number of allylic oxidation sites excluding steroid dienone is 3. The molecule has 0 aromatic heterocycles. The van der Waals surface area contributed by atoms with E-state index in [0.717, 1.165) is 36.9 Å². The van der Waals surface area contributed by atoms with Crippen molar-refractivity contribution in [3.63, 3.8) is 0 Å². The van der Waals surface area contributed by atoms with Crippen molar-refractivity contribution < 1.29 is 33.3 Å². The second-order valence-corrected chi connectivity index (χ2v) is 10.6. The fourth-order valence-electron chi connectivity index (χ4n) is 6.25. The van der Waals surface area contributed by atoms with Gasteiger partial charge in [-0.15, -0.1) is 0 Å². The molecule has 0 bridgehead atoms. The Morgan fingerprint density at radius 3 is 2.23 bits per heavy atom. The highest BCUT2D eigenvalue weighted by molar-refractivity contribution is 6.04. The molecule has 212 valence electrons. The summed E-state index contributed by atoms with van der Waals surface area (Å²) in [5.41, 5.74) is 4.19. The van der Waals surface area contributed by atoms with Crippen LogP contribution >= 0.6 is 0 Å². The molecule has 2 aromatic carbocycles. The van der Waals surface area contributed by atoms with Gasteiger partial charge in [-0.1, -0.05) is 6.07 Å². The van der Waals surface area contributed by atoms with Crippen molar-refractivity contribution in [2.45, 2.75) is 63.4 Å². The Labute approximate surface area is 235 Å². The van der Waals surface area contributed by atoms with Crippen molar-refractivity contribution in [1.29, 1.82) is 0 Å². The highest BCUT2D eigenvalue weighted by atomic mass is 16.5. The van der Waals surface area contributed by atoms with Crippen LogP contribution in [-0.4, -0.2) is 46.3 Å². The number of hydrogen-bond acceptors (Lipinski definition) is 8. The molecule has 8 heteroatoms. The van der Waals surface area contributed by atoms with Crippen LogP contribution in [0.1, 0.15) is 68.4 Å². The van der Waals surface area contributed by atoms with Crippen LogP contribution in [0.4, 0.5) is 0 Å². The van der Waals surface area contributed by atoms with E-state index < -0.39 is 11.9 Å². The molecule has 0 amide bonds. The summed E-state index contributed by atoms with van der Waals surface area (Å²) in [6, 6.07) is 11.2. The molecule has 0 radical (unpaired) electrons. The van der Waals surface area contributed by atoms with Gasteiger partial charge in [0, 0.05) is 29.0 Å². The van der Waals surface area contributed by atoms with Gasteiger partial charge in [-0.3, -0.25) is 4.79 Å². The van der Waals surface area contributed by atoms with E-state index in [0.29, 0.717) is 58.2 Å². The zero-order valence-corrected chi connectivity index (χ0v) is 23.8. The summed E-state index contributed by atoms with van der Waals surface area (Å²) < 4.78 is 28.2. The summed E-state index contributed by atoms with van der Waals surface area (Å²) in [6.07, 6.45) is 4.61. The molecule has 1 N–H and O–H groups in total. The summed E-state index contributed by atoms with van der Waals surface area (Å²) in [6.45, 7) is 1.87. The van der Waals surface area contributed by atoms with E-state index in [4.69, 9.17) is 23.7 Å². The maximum atomic E-state index is 14.0. The van der Waals surface area contributed by atoms with E-state index in [1.165, 1.54) is 0 Å². The first-order chi connectivity index (χ1) is 19.4. The monoisotopic (exact) mass is 547 g/mol. The van der Waals surface area contributed by atoms with Gasteiger partial charge in [0.1, 0.15) is 17.6 Å². The molecule has 1 heterocycles. The number of benzene rings is 2. The Balaban J connectivity index is 1.59. The lowest BCUT2D eigenvalue weighted by molar-refractivity contribution is -0.144. The molecule has 5 rings (SSSR count). The molecular weight excluding hydrogens is 510 g/mol.